The molecule has 0 heterocycles. The summed E-state index contributed by atoms with van der Waals surface area (Å²) in [5.41, 5.74) is 7.14. The molecule has 2 N–H and O–H groups in total. The second kappa shape index (κ2) is 11.4. The molecule has 0 spiro atoms. The van der Waals surface area contributed by atoms with E-state index in [1.807, 2.05) is 62.4 Å². The Morgan fingerprint density at radius 3 is 1.33 bits per heavy atom. The van der Waals surface area contributed by atoms with Gasteiger partial charge in [0.1, 0.15) is 11.5 Å². The predicted molar refractivity (Wildman–Crippen MR) is 116 cm³/mol. The molecule has 0 fully saturated rings. The molecule has 2 aromatic rings. The highest BCUT2D eigenvalue weighted by atomic mass is 16.5. The third kappa shape index (κ3) is 6.73. The van der Waals surface area contributed by atoms with Crippen molar-refractivity contribution < 1.29 is 19.1 Å². The molecule has 0 bridgehead atoms. The summed E-state index contributed by atoms with van der Waals surface area (Å²) in [6, 6.07) is 14.5. The highest BCUT2D eigenvalue weighted by Crippen LogP contribution is 2.13. The van der Waals surface area contributed by atoms with Crippen molar-refractivity contribution in [2.45, 2.75) is 27.7 Å². The SMILES string of the molecule is CCOc1ccc(C(C)=NNC(=O)C(=O)NN=C(C)c2ccc(OCC)cc2)cc1. The van der Waals surface area contributed by atoms with Crippen LogP contribution in [0.5, 0.6) is 11.5 Å². The average molecular weight is 410 g/mol. The number of hydrazone groups is 2. The van der Waals surface area contributed by atoms with Crippen LogP contribution in [0.4, 0.5) is 0 Å². The summed E-state index contributed by atoms with van der Waals surface area (Å²) >= 11 is 0. The second-order valence-electron chi connectivity index (χ2n) is 6.19. The molecule has 0 aliphatic carbocycles. The molecular weight excluding hydrogens is 384 g/mol. The van der Waals surface area contributed by atoms with Gasteiger partial charge >= 0.3 is 11.8 Å². The van der Waals surface area contributed by atoms with Gasteiger partial charge in [0.05, 0.1) is 24.6 Å². The van der Waals surface area contributed by atoms with Gasteiger partial charge < -0.3 is 9.47 Å². The first-order valence-electron chi connectivity index (χ1n) is 9.60. The standard InChI is InChI=1S/C22H26N4O4/c1-5-29-19-11-7-17(8-12-19)15(3)23-25-21(27)22(28)26-24-16(4)18-9-13-20(14-10-18)30-6-2/h7-14H,5-6H2,1-4H3,(H,25,27)(H,26,28). The van der Waals surface area contributed by atoms with Gasteiger partial charge in [0.15, 0.2) is 0 Å². The topological polar surface area (TPSA) is 101 Å². The maximum absolute atomic E-state index is 11.9. The van der Waals surface area contributed by atoms with Crippen molar-refractivity contribution in [1.82, 2.24) is 10.9 Å². The Labute approximate surface area is 176 Å². The molecule has 0 unspecified atom stereocenters. The number of amides is 2. The first-order valence-corrected chi connectivity index (χ1v) is 9.60. The summed E-state index contributed by atoms with van der Waals surface area (Å²) in [4.78, 5) is 23.9. The van der Waals surface area contributed by atoms with Crippen molar-refractivity contribution in [3.63, 3.8) is 0 Å². The van der Waals surface area contributed by atoms with E-state index in [-0.39, 0.29) is 0 Å². The number of hydrogen-bond donors (Lipinski definition) is 2. The van der Waals surface area contributed by atoms with Crippen LogP contribution >= 0.6 is 0 Å². The van der Waals surface area contributed by atoms with E-state index in [1.54, 1.807) is 13.8 Å². The van der Waals surface area contributed by atoms with Crippen LogP contribution in [0.15, 0.2) is 58.7 Å². The zero-order valence-corrected chi connectivity index (χ0v) is 17.6. The third-order valence-corrected chi connectivity index (χ3v) is 4.02. The largest absolute Gasteiger partial charge is 0.494 e. The van der Waals surface area contributed by atoms with Crippen molar-refractivity contribution in [1.29, 1.82) is 0 Å². The average Bonchev–Trinajstić information content (AvgIpc) is 2.76. The van der Waals surface area contributed by atoms with Crippen LogP contribution in [-0.4, -0.2) is 36.5 Å². The molecule has 2 amide bonds. The maximum atomic E-state index is 11.9. The Bertz CT molecular complexity index is 842. The smallest absolute Gasteiger partial charge is 0.331 e. The number of nitrogens with one attached hydrogen (secondary N) is 2. The number of nitrogens with zero attached hydrogens (tertiary/aromatic N) is 2. The highest BCUT2D eigenvalue weighted by molar-refractivity contribution is 6.35. The van der Waals surface area contributed by atoms with E-state index in [1.165, 1.54) is 0 Å². The Hall–Kier alpha value is -3.68. The van der Waals surface area contributed by atoms with Crippen LogP contribution in [0, 0.1) is 0 Å². The Morgan fingerprint density at radius 2 is 1.03 bits per heavy atom. The monoisotopic (exact) mass is 410 g/mol. The van der Waals surface area contributed by atoms with E-state index in [4.69, 9.17) is 9.47 Å². The predicted octanol–water partition coefficient (Wildman–Crippen LogP) is 2.86. The summed E-state index contributed by atoms with van der Waals surface area (Å²) < 4.78 is 10.8. The Morgan fingerprint density at radius 1 is 0.700 bits per heavy atom. The van der Waals surface area contributed by atoms with Gasteiger partial charge in [-0.15, -0.1) is 0 Å². The van der Waals surface area contributed by atoms with Gasteiger partial charge in [0, 0.05) is 0 Å². The molecule has 0 aromatic heterocycles. The van der Waals surface area contributed by atoms with Crippen LogP contribution in [-0.2, 0) is 9.59 Å². The third-order valence-electron chi connectivity index (χ3n) is 4.02. The minimum Gasteiger partial charge on any atom is -0.494 e. The fourth-order valence-corrected chi connectivity index (χ4v) is 2.42. The molecule has 0 radical (unpaired) electrons. The zero-order valence-electron chi connectivity index (χ0n) is 17.6. The zero-order chi connectivity index (χ0) is 21.9. The number of hydrogen-bond acceptors (Lipinski definition) is 6. The van der Waals surface area contributed by atoms with Gasteiger partial charge in [-0.25, -0.2) is 10.9 Å². The van der Waals surface area contributed by atoms with E-state index < -0.39 is 11.8 Å². The molecule has 2 aromatic carbocycles. The van der Waals surface area contributed by atoms with E-state index in [9.17, 15) is 9.59 Å². The van der Waals surface area contributed by atoms with Crippen LogP contribution in [0.3, 0.4) is 0 Å². The molecule has 0 saturated carbocycles. The fourth-order valence-electron chi connectivity index (χ4n) is 2.42. The van der Waals surface area contributed by atoms with Crippen LogP contribution < -0.4 is 20.3 Å². The van der Waals surface area contributed by atoms with E-state index >= 15 is 0 Å². The minimum atomic E-state index is -0.913. The summed E-state index contributed by atoms with van der Waals surface area (Å²) in [5, 5.41) is 7.91. The van der Waals surface area contributed by atoms with Gasteiger partial charge in [0.2, 0.25) is 0 Å². The molecule has 8 heteroatoms. The first-order chi connectivity index (χ1) is 14.4. The van der Waals surface area contributed by atoms with Crippen molar-refractivity contribution in [3.05, 3.63) is 59.7 Å². The number of carbonyl (C=O) groups is 2. The van der Waals surface area contributed by atoms with E-state index in [0.717, 1.165) is 22.6 Å². The molecule has 0 aliphatic heterocycles. The van der Waals surface area contributed by atoms with E-state index in [2.05, 4.69) is 21.1 Å². The van der Waals surface area contributed by atoms with Crippen molar-refractivity contribution in [3.8, 4) is 11.5 Å². The van der Waals surface area contributed by atoms with Crippen LogP contribution in [0.25, 0.3) is 0 Å². The molecule has 30 heavy (non-hydrogen) atoms. The molecule has 8 nitrogen and oxygen atoms in total. The number of carbonyl (C=O) groups excluding carboxylic acids is 2. The number of ether oxygens (including phenoxy) is 2. The molecule has 2 rings (SSSR count). The lowest BCUT2D eigenvalue weighted by atomic mass is 10.1. The minimum absolute atomic E-state index is 0.549. The van der Waals surface area contributed by atoms with Crippen molar-refractivity contribution in [2.75, 3.05) is 13.2 Å². The van der Waals surface area contributed by atoms with Crippen molar-refractivity contribution >= 4 is 23.2 Å². The van der Waals surface area contributed by atoms with Crippen LogP contribution in [0.2, 0.25) is 0 Å². The summed E-state index contributed by atoms with van der Waals surface area (Å²) in [5.74, 6) is -0.330. The lowest BCUT2D eigenvalue weighted by Gasteiger charge is -2.06. The normalized spacial score (nSPS) is 11.6. The molecule has 0 saturated heterocycles. The molecule has 0 aliphatic rings. The van der Waals surface area contributed by atoms with Gasteiger partial charge in [0.25, 0.3) is 0 Å². The van der Waals surface area contributed by atoms with Crippen molar-refractivity contribution in [2.24, 2.45) is 10.2 Å². The van der Waals surface area contributed by atoms with E-state index in [0.29, 0.717) is 24.6 Å². The summed E-state index contributed by atoms with van der Waals surface area (Å²) in [6.45, 7) is 8.43. The molecule has 158 valence electrons. The first kappa shape index (κ1) is 22.6. The molecule has 0 atom stereocenters. The second-order valence-corrected chi connectivity index (χ2v) is 6.19. The summed E-state index contributed by atoms with van der Waals surface area (Å²) in [6.07, 6.45) is 0. The Balaban J connectivity index is 1.91. The molecular formula is C22H26N4O4. The fraction of sp³-hybridized carbons (Fsp3) is 0.273. The van der Waals surface area contributed by atoms with Crippen LogP contribution in [0.1, 0.15) is 38.8 Å². The lowest BCUT2D eigenvalue weighted by Crippen LogP contribution is -2.36. The number of rotatable bonds is 8. The van der Waals surface area contributed by atoms with Gasteiger partial charge in [-0.3, -0.25) is 9.59 Å². The Kier molecular flexibility index (Phi) is 8.56. The summed E-state index contributed by atoms with van der Waals surface area (Å²) in [7, 11) is 0. The maximum Gasteiger partial charge on any atom is 0.331 e. The van der Waals surface area contributed by atoms with Gasteiger partial charge in [-0.2, -0.15) is 10.2 Å². The van der Waals surface area contributed by atoms with Gasteiger partial charge in [-0.05, 0) is 87.4 Å². The lowest BCUT2D eigenvalue weighted by molar-refractivity contribution is -0.139. The highest BCUT2D eigenvalue weighted by Gasteiger charge is 2.12. The quantitative estimate of drug-likeness (QED) is 0.397. The van der Waals surface area contributed by atoms with Gasteiger partial charge in [-0.1, -0.05) is 0 Å². The number of benzene rings is 2.